The number of rotatable bonds is 6. The first-order chi connectivity index (χ1) is 10.6. The van der Waals surface area contributed by atoms with Crippen molar-refractivity contribution in [3.05, 3.63) is 35.9 Å². The largest absolute Gasteiger partial charge is 0.550 e. The lowest BCUT2D eigenvalue weighted by Crippen LogP contribution is -3.14. The van der Waals surface area contributed by atoms with Gasteiger partial charge in [-0.05, 0) is 19.8 Å². The molecule has 0 spiro atoms. The average molecular weight is 304 g/mol. The van der Waals surface area contributed by atoms with Gasteiger partial charge in [-0.15, -0.1) is 0 Å². The summed E-state index contributed by atoms with van der Waals surface area (Å²) < 4.78 is 0. The number of quaternary nitrogens is 1. The molecule has 1 atom stereocenters. The van der Waals surface area contributed by atoms with Crippen LogP contribution in [0.3, 0.4) is 0 Å². The molecule has 0 aliphatic carbocycles. The Hall–Kier alpha value is -1.88. The number of piperazine rings is 1. The molecule has 1 amide bonds. The van der Waals surface area contributed by atoms with Gasteiger partial charge in [0.15, 0.2) is 0 Å². The minimum Gasteiger partial charge on any atom is -0.550 e. The van der Waals surface area contributed by atoms with Crippen LogP contribution in [0, 0.1) is 0 Å². The second kappa shape index (κ2) is 7.94. The van der Waals surface area contributed by atoms with E-state index in [1.807, 2.05) is 11.0 Å². The molecule has 5 heteroatoms. The van der Waals surface area contributed by atoms with Gasteiger partial charge in [0.25, 0.3) is 0 Å². The molecule has 1 aromatic rings. The Labute approximate surface area is 131 Å². The van der Waals surface area contributed by atoms with E-state index in [2.05, 4.69) is 31.2 Å². The van der Waals surface area contributed by atoms with E-state index >= 15 is 0 Å². The average Bonchev–Trinajstić information content (AvgIpc) is 2.54. The van der Waals surface area contributed by atoms with E-state index in [-0.39, 0.29) is 12.3 Å². The molecule has 1 N–H and O–H groups in total. The molecule has 120 valence electrons. The SMILES string of the molecule is C[C@H](c1ccccc1)[NH+]1CCN(C(=O)CCCC(=O)[O-])CC1. The summed E-state index contributed by atoms with van der Waals surface area (Å²) in [5.74, 6) is -1.02. The van der Waals surface area contributed by atoms with Crippen LogP contribution in [0.2, 0.25) is 0 Å². The van der Waals surface area contributed by atoms with Gasteiger partial charge >= 0.3 is 0 Å². The molecule has 0 radical (unpaired) electrons. The lowest BCUT2D eigenvalue weighted by Gasteiger charge is -2.35. The van der Waals surface area contributed by atoms with Crippen molar-refractivity contribution in [1.82, 2.24) is 4.90 Å². The third-order valence-electron chi connectivity index (χ3n) is 4.44. The predicted molar refractivity (Wildman–Crippen MR) is 81.0 cm³/mol. The summed E-state index contributed by atoms with van der Waals surface area (Å²) >= 11 is 0. The van der Waals surface area contributed by atoms with E-state index < -0.39 is 5.97 Å². The molecule has 1 fully saturated rings. The molecular formula is C17H24N2O3. The van der Waals surface area contributed by atoms with Crippen LogP contribution in [0.15, 0.2) is 30.3 Å². The number of carboxylic acid groups (broad SMARTS) is 1. The van der Waals surface area contributed by atoms with Crippen LogP contribution >= 0.6 is 0 Å². The first kappa shape index (κ1) is 16.5. The van der Waals surface area contributed by atoms with Gasteiger partial charge < -0.3 is 19.7 Å². The highest BCUT2D eigenvalue weighted by Crippen LogP contribution is 2.09. The Morgan fingerprint density at radius 3 is 2.41 bits per heavy atom. The number of carbonyl (C=O) groups is 2. The second-order valence-electron chi connectivity index (χ2n) is 5.90. The molecule has 1 heterocycles. The van der Waals surface area contributed by atoms with E-state index in [4.69, 9.17) is 0 Å². The van der Waals surface area contributed by atoms with Crippen molar-refractivity contribution in [2.45, 2.75) is 32.2 Å². The quantitative estimate of drug-likeness (QED) is 0.763. The molecular weight excluding hydrogens is 280 g/mol. The normalized spacial score (nSPS) is 17.2. The first-order valence-electron chi connectivity index (χ1n) is 7.95. The van der Waals surface area contributed by atoms with Crippen molar-refractivity contribution >= 4 is 11.9 Å². The molecule has 1 aliphatic rings. The summed E-state index contributed by atoms with van der Waals surface area (Å²) in [5, 5.41) is 10.4. The predicted octanol–water partition coefficient (Wildman–Crippen LogP) is -0.605. The van der Waals surface area contributed by atoms with Gasteiger partial charge in [-0.3, -0.25) is 4.79 Å². The number of nitrogens with one attached hydrogen (secondary N) is 1. The minimum absolute atomic E-state index is 0.0397. The van der Waals surface area contributed by atoms with Gasteiger partial charge in [0.1, 0.15) is 6.04 Å². The van der Waals surface area contributed by atoms with E-state index in [0.717, 1.165) is 26.2 Å². The number of hydrogen-bond donors (Lipinski definition) is 1. The highest BCUT2D eigenvalue weighted by Gasteiger charge is 2.27. The van der Waals surface area contributed by atoms with Crippen molar-refractivity contribution in [2.75, 3.05) is 26.2 Å². The van der Waals surface area contributed by atoms with Gasteiger partial charge in [-0.2, -0.15) is 0 Å². The van der Waals surface area contributed by atoms with E-state index in [1.165, 1.54) is 10.5 Å². The van der Waals surface area contributed by atoms with Gasteiger partial charge in [0, 0.05) is 18.0 Å². The number of benzene rings is 1. The zero-order valence-corrected chi connectivity index (χ0v) is 13.1. The number of aliphatic carboxylic acids is 1. The standard InChI is InChI=1S/C17H24N2O3/c1-14(15-6-3-2-4-7-15)18-10-12-19(13-11-18)16(20)8-5-9-17(21)22/h2-4,6-7,14H,5,8-13H2,1H3,(H,21,22)/t14-/m1/s1. The highest BCUT2D eigenvalue weighted by atomic mass is 16.4. The van der Waals surface area contributed by atoms with Crippen LogP contribution in [0.1, 0.15) is 37.8 Å². The minimum atomic E-state index is -1.08. The number of amides is 1. The highest BCUT2D eigenvalue weighted by molar-refractivity contribution is 5.76. The Balaban J connectivity index is 1.78. The fourth-order valence-electron chi connectivity index (χ4n) is 3.00. The summed E-state index contributed by atoms with van der Waals surface area (Å²) in [7, 11) is 0. The summed E-state index contributed by atoms with van der Waals surface area (Å²) in [4.78, 5) is 25.7. The van der Waals surface area contributed by atoms with Gasteiger partial charge in [-0.1, -0.05) is 30.3 Å². The Morgan fingerprint density at radius 2 is 1.82 bits per heavy atom. The summed E-state index contributed by atoms with van der Waals surface area (Å²) in [6.45, 7) is 5.58. The molecule has 0 aromatic heterocycles. The van der Waals surface area contributed by atoms with Crippen LogP contribution in [0.5, 0.6) is 0 Å². The summed E-state index contributed by atoms with van der Waals surface area (Å²) in [6, 6.07) is 10.9. The van der Waals surface area contributed by atoms with E-state index in [1.54, 1.807) is 0 Å². The van der Waals surface area contributed by atoms with Crippen molar-refractivity contribution < 1.29 is 19.6 Å². The van der Waals surface area contributed by atoms with Crippen molar-refractivity contribution in [1.29, 1.82) is 0 Å². The zero-order valence-electron chi connectivity index (χ0n) is 13.1. The van der Waals surface area contributed by atoms with E-state index in [0.29, 0.717) is 18.9 Å². The van der Waals surface area contributed by atoms with Crippen LogP contribution < -0.4 is 10.0 Å². The summed E-state index contributed by atoms with van der Waals surface area (Å²) in [5.41, 5.74) is 1.33. The van der Waals surface area contributed by atoms with Gasteiger partial charge in [0.2, 0.25) is 5.91 Å². The maximum absolute atomic E-state index is 12.0. The molecule has 22 heavy (non-hydrogen) atoms. The molecule has 5 nitrogen and oxygen atoms in total. The molecule has 1 aliphatic heterocycles. The molecule has 1 aromatic carbocycles. The zero-order chi connectivity index (χ0) is 15.9. The Morgan fingerprint density at radius 1 is 1.18 bits per heavy atom. The lowest BCUT2D eigenvalue weighted by atomic mass is 10.1. The van der Waals surface area contributed by atoms with Crippen LogP contribution in [-0.4, -0.2) is 43.0 Å². The third kappa shape index (κ3) is 4.56. The second-order valence-corrected chi connectivity index (χ2v) is 5.90. The Kier molecular flexibility index (Phi) is 5.95. The molecule has 2 rings (SSSR count). The van der Waals surface area contributed by atoms with Crippen LogP contribution in [0.25, 0.3) is 0 Å². The van der Waals surface area contributed by atoms with Crippen molar-refractivity contribution in [2.24, 2.45) is 0 Å². The molecule has 0 unspecified atom stereocenters. The molecule has 0 bridgehead atoms. The third-order valence-corrected chi connectivity index (χ3v) is 4.44. The van der Waals surface area contributed by atoms with Crippen molar-refractivity contribution in [3.8, 4) is 0 Å². The fraction of sp³-hybridized carbons (Fsp3) is 0.529. The first-order valence-corrected chi connectivity index (χ1v) is 7.95. The smallest absolute Gasteiger partial charge is 0.222 e. The fourth-order valence-corrected chi connectivity index (χ4v) is 3.00. The number of nitrogens with zero attached hydrogens (tertiary/aromatic N) is 1. The summed E-state index contributed by atoms with van der Waals surface area (Å²) in [6.07, 6.45) is 0.633. The number of carboxylic acids is 1. The monoisotopic (exact) mass is 304 g/mol. The van der Waals surface area contributed by atoms with Crippen LogP contribution in [0.4, 0.5) is 0 Å². The van der Waals surface area contributed by atoms with E-state index in [9.17, 15) is 14.7 Å². The lowest BCUT2D eigenvalue weighted by molar-refractivity contribution is -0.933. The van der Waals surface area contributed by atoms with Gasteiger partial charge in [-0.25, -0.2) is 0 Å². The number of carbonyl (C=O) groups excluding carboxylic acids is 2. The topological polar surface area (TPSA) is 64.9 Å². The maximum atomic E-state index is 12.0. The van der Waals surface area contributed by atoms with Gasteiger partial charge in [0.05, 0.1) is 26.2 Å². The Bertz CT molecular complexity index is 496. The molecule has 0 saturated carbocycles. The molecule has 1 saturated heterocycles. The number of hydrogen-bond acceptors (Lipinski definition) is 3. The maximum Gasteiger partial charge on any atom is 0.222 e. The van der Waals surface area contributed by atoms with Crippen LogP contribution in [-0.2, 0) is 9.59 Å². The van der Waals surface area contributed by atoms with Crippen molar-refractivity contribution in [3.63, 3.8) is 0 Å².